The van der Waals surface area contributed by atoms with E-state index < -0.39 is 42.4 Å². The molecule has 2 aromatic rings. The van der Waals surface area contributed by atoms with Gasteiger partial charge in [-0.15, -0.1) is 0 Å². The molecule has 3 aliphatic heterocycles. The van der Waals surface area contributed by atoms with Crippen molar-refractivity contribution in [3.05, 3.63) is 63.7 Å². The minimum absolute atomic E-state index is 0.0400. The Balaban J connectivity index is 1.59. The maximum atomic E-state index is 15.6. The second-order valence-electron chi connectivity index (χ2n) is 10.6. The average Bonchev–Trinajstić information content (AvgIpc) is 3.25. The lowest BCUT2D eigenvalue weighted by atomic mass is 9.82. The number of benzene rings is 2. The van der Waals surface area contributed by atoms with Crippen LogP contribution >= 0.6 is 0 Å². The summed E-state index contributed by atoms with van der Waals surface area (Å²) in [7, 11) is -3.37. The van der Waals surface area contributed by atoms with Crippen molar-refractivity contribution in [1.82, 2.24) is 0 Å². The van der Waals surface area contributed by atoms with Crippen molar-refractivity contribution in [1.29, 1.82) is 0 Å². The highest BCUT2D eigenvalue weighted by Crippen LogP contribution is 2.60. The first-order valence-electron chi connectivity index (χ1n) is 12.5. The molecule has 0 unspecified atom stereocenters. The Labute approximate surface area is 215 Å². The minimum atomic E-state index is -3.37. The van der Waals surface area contributed by atoms with Crippen molar-refractivity contribution in [3.63, 3.8) is 0 Å². The number of halogens is 1. The fourth-order valence-corrected chi connectivity index (χ4v) is 8.84. The molecule has 0 radical (unpaired) electrons. The quantitative estimate of drug-likeness (QED) is 0.191. The molecule has 4 atom stereocenters. The van der Waals surface area contributed by atoms with Crippen molar-refractivity contribution >= 4 is 37.3 Å². The number of fused-ring (bicyclic) bond motifs is 2. The van der Waals surface area contributed by atoms with E-state index in [0.29, 0.717) is 24.2 Å². The highest BCUT2D eigenvalue weighted by atomic mass is 28.4. The lowest BCUT2D eigenvalue weighted by Crippen LogP contribution is -2.45. The van der Waals surface area contributed by atoms with Crippen LogP contribution in [-0.2, 0) is 26.5 Å². The van der Waals surface area contributed by atoms with E-state index in [0.717, 1.165) is 11.3 Å². The summed E-state index contributed by atoms with van der Waals surface area (Å²) in [5.41, 5.74) is 0.00975. The van der Waals surface area contributed by atoms with Crippen molar-refractivity contribution in [2.24, 2.45) is 5.92 Å². The van der Waals surface area contributed by atoms with Crippen LogP contribution in [0.15, 0.2) is 42.5 Å². The normalized spacial score (nSPS) is 27.1. The van der Waals surface area contributed by atoms with E-state index in [-0.39, 0.29) is 31.2 Å². The number of amides is 2. The van der Waals surface area contributed by atoms with Crippen LogP contribution in [0.25, 0.3) is 0 Å². The highest BCUT2D eigenvalue weighted by molar-refractivity contribution is 6.72. The molecule has 3 aliphatic rings. The molecule has 5 rings (SSSR count). The molecule has 2 fully saturated rings. The standard InChI is InChI=1S/C26H30FN3O6Si/c1-16-24(37(2,3)27)22(10-12-31)36-26(16)20-14-19(30(34)35)7-8-21(20)29(25(26)33)15-17-5-4-6-18(13-17)28-11-9-23(28)32/h4-8,13-14,16,22,24,31H,9-12,15H2,1-3H3/t16-,22+,24-,26+/m0/s1. The molecule has 37 heavy (non-hydrogen) atoms. The van der Waals surface area contributed by atoms with Gasteiger partial charge in [-0.1, -0.05) is 19.1 Å². The Morgan fingerprint density at radius 1 is 1.24 bits per heavy atom. The van der Waals surface area contributed by atoms with Crippen LogP contribution < -0.4 is 9.80 Å². The van der Waals surface area contributed by atoms with Gasteiger partial charge in [0.1, 0.15) is 0 Å². The van der Waals surface area contributed by atoms with Crippen molar-refractivity contribution < 1.29 is 28.5 Å². The van der Waals surface area contributed by atoms with Gasteiger partial charge in [0.25, 0.3) is 11.6 Å². The molecule has 2 saturated heterocycles. The number of nitrogens with zero attached hydrogens (tertiary/aromatic N) is 3. The maximum absolute atomic E-state index is 15.6. The van der Waals surface area contributed by atoms with Gasteiger partial charge in [-0.25, -0.2) is 0 Å². The van der Waals surface area contributed by atoms with Gasteiger partial charge in [-0.2, -0.15) is 0 Å². The Hall–Kier alpha value is -3.15. The first-order valence-corrected chi connectivity index (χ1v) is 15.4. The number of carbonyl (C=O) groups is 2. The van der Waals surface area contributed by atoms with Gasteiger partial charge in [0.05, 0.1) is 23.3 Å². The zero-order chi connectivity index (χ0) is 26.7. The molecule has 0 bridgehead atoms. The molecule has 0 saturated carbocycles. The second kappa shape index (κ2) is 9.00. The molecule has 11 heteroatoms. The topological polar surface area (TPSA) is 113 Å². The van der Waals surface area contributed by atoms with Gasteiger partial charge in [0.15, 0.2) is 5.60 Å². The summed E-state index contributed by atoms with van der Waals surface area (Å²) in [5.74, 6) is -0.957. The fraction of sp³-hybridized carbons (Fsp3) is 0.462. The molecule has 3 heterocycles. The number of aliphatic hydroxyl groups is 1. The molecule has 9 nitrogen and oxygen atoms in total. The van der Waals surface area contributed by atoms with Gasteiger partial charge in [0, 0.05) is 54.4 Å². The predicted octanol–water partition coefficient (Wildman–Crippen LogP) is 4.04. The molecule has 196 valence electrons. The lowest BCUT2D eigenvalue weighted by molar-refractivity contribution is -0.385. The third-order valence-electron chi connectivity index (χ3n) is 7.98. The van der Waals surface area contributed by atoms with E-state index in [1.807, 2.05) is 24.3 Å². The molecule has 0 aliphatic carbocycles. The van der Waals surface area contributed by atoms with Crippen LogP contribution in [0, 0.1) is 16.0 Å². The fourth-order valence-electron chi connectivity index (χ4n) is 6.30. The van der Waals surface area contributed by atoms with Gasteiger partial charge < -0.3 is 23.8 Å². The average molecular weight is 528 g/mol. The number of anilines is 2. The van der Waals surface area contributed by atoms with Crippen LogP contribution in [0.5, 0.6) is 0 Å². The highest BCUT2D eigenvalue weighted by Gasteiger charge is 2.66. The van der Waals surface area contributed by atoms with Gasteiger partial charge in [0.2, 0.25) is 14.3 Å². The first-order chi connectivity index (χ1) is 17.5. The van der Waals surface area contributed by atoms with Crippen LogP contribution in [0.2, 0.25) is 18.6 Å². The summed E-state index contributed by atoms with van der Waals surface area (Å²) in [5, 5.41) is 21.3. The van der Waals surface area contributed by atoms with E-state index >= 15 is 4.11 Å². The van der Waals surface area contributed by atoms with Gasteiger partial charge in [-0.05, 0) is 43.3 Å². The van der Waals surface area contributed by atoms with Gasteiger partial charge in [-0.3, -0.25) is 19.7 Å². The Bertz CT molecular complexity index is 1280. The predicted molar refractivity (Wildman–Crippen MR) is 137 cm³/mol. The van der Waals surface area contributed by atoms with Crippen molar-refractivity contribution in [2.75, 3.05) is 23.0 Å². The number of nitro benzene ring substituents is 1. The zero-order valence-corrected chi connectivity index (χ0v) is 22.0. The third-order valence-corrected chi connectivity index (χ3v) is 10.4. The number of β-lactam (4-membered cyclic amide) rings is 1. The molecule has 1 N–H and O–H groups in total. The summed E-state index contributed by atoms with van der Waals surface area (Å²) < 4.78 is 22.0. The molecular weight excluding hydrogens is 497 g/mol. The van der Waals surface area contributed by atoms with Crippen molar-refractivity contribution in [2.45, 2.75) is 56.7 Å². The summed E-state index contributed by atoms with van der Waals surface area (Å²) >= 11 is 0. The monoisotopic (exact) mass is 527 g/mol. The van der Waals surface area contributed by atoms with E-state index in [2.05, 4.69) is 0 Å². The minimum Gasteiger partial charge on any atom is -0.396 e. The number of hydrogen-bond donors (Lipinski definition) is 1. The van der Waals surface area contributed by atoms with E-state index in [1.54, 1.807) is 31.0 Å². The van der Waals surface area contributed by atoms with Crippen LogP contribution in [-0.4, -0.2) is 49.5 Å². The molecular formula is C26H30FN3O6Si. The lowest BCUT2D eigenvalue weighted by Gasteiger charge is -2.32. The molecule has 2 aromatic carbocycles. The number of ether oxygens (including phenoxy) is 1. The Morgan fingerprint density at radius 3 is 2.59 bits per heavy atom. The summed E-state index contributed by atoms with van der Waals surface area (Å²) in [6.45, 7) is 5.47. The first kappa shape index (κ1) is 25.5. The second-order valence-corrected chi connectivity index (χ2v) is 14.4. The van der Waals surface area contributed by atoms with E-state index in [1.165, 1.54) is 17.0 Å². The molecule has 2 amide bonds. The van der Waals surface area contributed by atoms with E-state index in [9.17, 15) is 24.8 Å². The van der Waals surface area contributed by atoms with Crippen LogP contribution in [0.3, 0.4) is 0 Å². The third kappa shape index (κ3) is 3.96. The summed E-state index contributed by atoms with van der Waals surface area (Å²) in [6.07, 6.45) is -0.0209. The largest absolute Gasteiger partial charge is 0.396 e. The van der Waals surface area contributed by atoms with Crippen LogP contribution in [0.1, 0.15) is 30.9 Å². The number of aliphatic hydroxyl groups excluding tert-OH is 1. The summed E-state index contributed by atoms with van der Waals surface area (Å²) in [6, 6.07) is 11.6. The Kier molecular flexibility index (Phi) is 6.20. The number of non-ortho nitro benzene ring substituents is 1. The number of carbonyl (C=O) groups excluding carboxylic acids is 2. The number of hydrogen-bond acceptors (Lipinski definition) is 6. The van der Waals surface area contributed by atoms with E-state index in [4.69, 9.17) is 4.74 Å². The van der Waals surface area contributed by atoms with Crippen molar-refractivity contribution in [3.8, 4) is 0 Å². The maximum Gasteiger partial charge on any atom is 0.269 e. The SMILES string of the molecule is C[C@H]1[C@H]([Si](C)(C)F)[C@@H](CCO)O[C@]12C(=O)N(Cc1cccc(N3CCC3=O)c1)c1ccc([N+](=O)[O-])cc12. The Morgan fingerprint density at radius 2 is 2.00 bits per heavy atom. The smallest absolute Gasteiger partial charge is 0.269 e. The number of nitro groups is 1. The zero-order valence-electron chi connectivity index (χ0n) is 21.0. The van der Waals surface area contributed by atoms with Crippen LogP contribution in [0.4, 0.5) is 21.2 Å². The molecule has 0 aromatic heterocycles. The molecule has 1 spiro atoms. The van der Waals surface area contributed by atoms with Gasteiger partial charge >= 0.3 is 0 Å². The summed E-state index contributed by atoms with van der Waals surface area (Å²) in [4.78, 5) is 40.5. The number of rotatable bonds is 7.